The van der Waals surface area contributed by atoms with Crippen LogP contribution in [0.1, 0.15) is 31.0 Å². The maximum atomic E-state index is 11.9. The molecule has 0 bridgehead atoms. The molecule has 0 fully saturated rings. The largest absolute Gasteiger partial charge is 0.469 e. The number of carbonyl (C=O) groups excluding carboxylic acids is 1. The monoisotopic (exact) mass is 245 g/mol. The standard InChI is InChI=1S/C15H19NO2/c1-9(2)14(15(17)18-4)11-5-6-13-12(8-11)7-10(3)16-13/h5-9,14,16H,1-4H3. The Bertz CT molecular complexity index is 569. The van der Waals surface area contributed by atoms with Crippen LogP contribution in [0.4, 0.5) is 0 Å². The van der Waals surface area contributed by atoms with Gasteiger partial charge in [0.1, 0.15) is 0 Å². The van der Waals surface area contributed by atoms with Gasteiger partial charge < -0.3 is 9.72 Å². The third kappa shape index (κ3) is 2.26. The van der Waals surface area contributed by atoms with Crippen LogP contribution in [-0.4, -0.2) is 18.1 Å². The summed E-state index contributed by atoms with van der Waals surface area (Å²) in [5, 5.41) is 1.14. The number of carbonyl (C=O) groups is 1. The average molecular weight is 245 g/mol. The highest BCUT2D eigenvalue weighted by atomic mass is 16.5. The Morgan fingerprint density at radius 1 is 1.28 bits per heavy atom. The first-order valence-electron chi connectivity index (χ1n) is 6.20. The number of esters is 1. The van der Waals surface area contributed by atoms with Gasteiger partial charge in [-0.05, 0) is 42.0 Å². The second-order valence-corrected chi connectivity index (χ2v) is 5.04. The molecule has 3 nitrogen and oxygen atoms in total. The number of hydrogen-bond acceptors (Lipinski definition) is 2. The molecule has 0 radical (unpaired) electrons. The quantitative estimate of drug-likeness (QED) is 0.842. The highest BCUT2D eigenvalue weighted by molar-refractivity contribution is 5.84. The van der Waals surface area contributed by atoms with E-state index in [2.05, 4.69) is 17.1 Å². The van der Waals surface area contributed by atoms with E-state index in [1.165, 1.54) is 7.11 Å². The van der Waals surface area contributed by atoms with Crippen LogP contribution in [0.2, 0.25) is 0 Å². The maximum Gasteiger partial charge on any atom is 0.313 e. The van der Waals surface area contributed by atoms with Crippen LogP contribution < -0.4 is 0 Å². The van der Waals surface area contributed by atoms with Crippen molar-refractivity contribution in [3.8, 4) is 0 Å². The van der Waals surface area contributed by atoms with Crippen molar-refractivity contribution in [3.63, 3.8) is 0 Å². The number of ether oxygens (including phenoxy) is 1. The summed E-state index contributed by atoms with van der Waals surface area (Å²) in [6.45, 7) is 6.10. The van der Waals surface area contributed by atoms with Crippen molar-refractivity contribution in [1.82, 2.24) is 4.98 Å². The van der Waals surface area contributed by atoms with Crippen LogP contribution in [0.15, 0.2) is 24.3 Å². The van der Waals surface area contributed by atoms with E-state index in [-0.39, 0.29) is 17.8 Å². The van der Waals surface area contributed by atoms with Gasteiger partial charge in [0.2, 0.25) is 0 Å². The topological polar surface area (TPSA) is 42.1 Å². The van der Waals surface area contributed by atoms with Crippen LogP contribution in [0.25, 0.3) is 10.9 Å². The molecule has 0 aliphatic heterocycles. The minimum Gasteiger partial charge on any atom is -0.469 e. The molecule has 3 heteroatoms. The fraction of sp³-hybridized carbons (Fsp3) is 0.400. The summed E-state index contributed by atoms with van der Waals surface area (Å²) in [6, 6.07) is 8.18. The molecule has 1 aromatic carbocycles. The molecule has 2 rings (SSSR count). The number of H-pyrrole nitrogens is 1. The van der Waals surface area contributed by atoms with Crippen LogP contribution in [0.3, 0.4) is 0 Å². The van der Waals surface area contributed by atoms with E-state index in [4.69, 9.17) is 4.74 Å². The minimum atomic E-state index is -0.199. The van der Waals surface area contributed by atoms with Crippen LogP contribution in [-0.2, 0) is 9.53 Å². The van der Waals surface area contributed by atoms with Gasteiger partial charge in [-0.1, -0.05) is 19.9 Å². The summed E-state index contributed by atoms with van der Waals surface area (Å²) < 4.78 is 4.90. The highest BCUT2D eigenvalue weighted by Crippen LogP contribution is 2.28. The van der Waals surface area contributed by atoms with Crippen molar-refractivity contribution in [3.05, 3.63) is 35.5 Å². The molecule has 1 unspecified atom stereocenters. The molecular weight excluding hydrogens is 226 g/mol. The van der Waals surface area contributed by atoms with E-state index in [0.29, 0.717) is 0 Å². The summed E-state index contributed by atoms with van der Waals surface area (Å²) in [6.07, 6.45) is 0. The third-order valence-electron chi connectivity index (χ3n) is 3.26. The molecular formula is C15H19NO2. The van der Waals surface area contributed by atoms with E-state index < -0.39 is 0 Å². The smallest absolute Gasteiger partial charge is 0.313 e. The van der Waals surface area contributed by atoms with E-state index in [1.54, 1.807) is 0 Å². The number of fused-ring (bicyclic) bond motifs is 1. The Labute approximate surface area is 107 Å². The Morgan fingerprint density at radius 3 is 2.61 bits per heavy atom. The molecule has 0 aliphatic rings. The number of nitrogens with one attached hydrogen (secondary N) is 1. The number of benzene rings is 1. The second-order valence-electron chi connectivity index (χ2n) is 5.04. The lowest BCUT2D eigenvalue weighted by molar-refractivity contribution is -0.143. The molecule has 1 aromatic heterocycles. The molecule has 2 aromatic rings. The zero-order valence-corrected chi connectivity index (χ0v) is 11.3. The number of aromatic nitrogens is 1. The fourth-order valence-electron chi connectivity index (χ4n) is 2.41. The molecule has 1 N–H and O–H groups in total. The van der Waals surface area contributed by atoms with Gasteiger partial charge in [0, 0.05) is 11.2 Å². The Hall–Kier alpha value is -1.77. The Balaban J connectivity index is 2.47. The van der Waals surface area contributed by atoms with Gasteiger partial charge >= 0.3 is 5.97 Å². The predicted octanol–water partition coefficient (Wildman–Crippen LogP) is 3.39. The molecule has 1 atom stereocenters. The number of methoxy groups -OCH3 is 1. The van der Waals surface area contributed by atoms with Gasteiger partial charge in [0.15, 0.2) is 0 Å². The van der Waals surface area contributed by atoms with Crippen molar-refractivity contribution >= 4 is 16.9 Å². The van der Waals surface area contributed by atoms with Gasteiger partial charge in [0.05, 0.1) is 13.0 Å². The van der Waals surface area contributed by atoms with Gasteiger partial charge in [0.25, 0.3) is 0 Å². The highest BCUT2D eigenvalue weighted by Gasteiger charge is 2.25. The normalized spacial score (nSPS) is 12.9. The number of hydrogen-bond donors (Lipinski definition) is 1. The maximum absolute atomic E-state index is 11.9. The van der Waals surface area contributed by atoms with E-state index in [9.17, 15) is 4.79 Å². The van der Waals surface area contributed by atoms with Gasteiger partial charge in [-0.3, -0.25) is 4.79 Å². The summed E-state index contributed by atoms with van der Waals surface area (Å²) in [5.41, 5.74) is 3.24. The zero-order chi connectivity index (χ0) is 13.3. The van der Waals surface area contributed by atoms with Gasteiger partial charge in [-0.15, -0.1) is 0 Å². The van der Waals surface area contributed by atoms with Crippen LogP contribution in [0.5, 0.6) is 0 Å². The van der Waals surface area contributed by atoms with Crippen molar-refractivity contribution in [2.24, 2.45) is 5.92 Å². The second kappa shape index (κ2) is 4.84. The lowest BCUT2D eigenvalue weighted by Crippen LogP contribution is -2.19. The predicted molar refractivity (Wildman–Crippen MR) is 72.6 cm³/mol. The number of aryl methyl sites for hydroxylation is 1. The molecule has 0 spiro atoms. The van der Waals surface area contributed by atoms with Crippen LogP contribution in [0, 0.1) is 12.8 Å². The first kappa shape index (κ1) is 12.7. The van der Waals surface area contributed by atoms with Crippen molar-refractivity contribution in [2.75, 3.05) is 7.11 Å². The Kier molecular flexibility index (Phi) is 3.41. The van der Waals surface area contributed by atoms with Gasteiger partial charge in [-0.25, -0.2) is 0 Å². The lowest BCUT2D eigenvalue weighted by atomic mass is 9.88. The zero-order valence-electron chi connectivity index (χ0n) is 11.3. The third-order valence-corrected chi connectivity index (χ3v) is 3.26. The van der Waals surface area contributed by atoms with E-state index in [0.717, 1.165) is 22.2 Å². The van der Waals surface area contributed by atoms with Crippen LogP contribution >= 0.6 is 0 Å². The van der Waals surface area contributed by atoms with E-state index >= 15 is 0 Å². The average Bonchev–Trinajstić information content (AvgIpc) is 2.68. The van der Waals surface area contributed by atoms with Crippen molar-refractivity contribution < 1.29 is 9.53 Å². The first-order valence-corrected chi connectivity index (χ1v) is 6.20. The Morgan fingerprint density at radius 2 is 2.00 bits per heavy atom. The van der Waals surface area contributed by atoms with Gasteiger partial charge in [-0.2, -0.15) is 0 Å². The molecule has 0 saturated carbocycles. The molecule has 0 saturated heterocycles. The van der Waals surface area contributed by atoms with Crippen molar-refractivity contribution in [2.45, 2.75) is 26.7 Å². The summed E-state index contributed by atoms with van der Waals surface area (Å²) >= 11 is 0. The minimum absolute atomic E-state index is 0.170. The lowest BCUT2D eigenvalue weighted by Gasteiger charge is -2.18. The summed E-state index contributed by atoms with van der Waals surface area (Å²) in [7, 11) is 1.44. The number of rotatable bonds is 3. The van der Waals surface area contributed by atoms with E-state index in [1.807, 2.05) is 32.9 Å². The first-order chi connectivity index (χ1) is 8.52. The summed E-state index contributed by atoms with van der Waals surface area (Å²) in [4.78, 5) is 15.1. The number of aromatic amines is 1. The molecule has 96 valence electrons. The van der Waals surface area contributed by atoms with Crippen molar-refractivity contribution in [1.29, 1.82) is 0 Å². The SMILES string of the molecule is COC(=O)C(c1ccc2[nH]c(C)cc2c1)C(C)C. The molecule has 0 aliphatic carbocycles. The molecule has 1 heterocycles. The fourth-order valence-corrected chi connectivity index (χ4v) is 2.41. The summed E-state index contributed by atoms with van der Waals surface area (Å²) in [5.74, 6) is -0.152. The molecule has 18 heavy (non-hydrogen) atoms. The molecule has 0 amide bonds.